The van der Waals surface area contributed by atoms with Crippen molar-refractivity contribution in [3.63, 3.8) is 0 Å². The summed E-state index contributed by atoms with van der Waals surface area (Å²) >= 11 is 0. The predicted molar refractivity (Wildman–Crippen MR) is 76.1 cm³/mol. The van der Waals surface area contributed by atoms with Gasteiger partial charge in [0.15, 0.2) is 28.9 Å². The third-order valence-corrected chi connectivity index (χ3v) is 2.94. The number of rotatable bonds is 4. The largest absolute Gasteiger partial charge is 0.493 e. The molecule has 0 fully saturated rings. The summed E-state index contributed by atoms with van der Waals surface area (Å²) in [4.78, 5) is 27.6. The molecule has 0 radical (unpaired) electrons. The van der Waals surface area contributed by atoms with Gasteiger partial charge in [0.25, 0.3) is 5.56 Å². The average molecular weight is 289 g/mol. The second kappa shape index (κ2) is 5.78. The van der Waals surface area contributed by atoms with Gasteiger partial charge in [-0.1, -0.05) is 6.07 Å². The Morgan fingerprint density at radius 3 is 2.43 bits per heavy atom. The molecule has 110 valence electrons. The number of nitrogens with zero attached hydrogens (tertiary/aromatic N) is 1. The van der Waals surface area contributed by atoms with Crippen LogP contribution in [0, 0.1) is 6.92 Å². The summed E-state index contributed by atoms with van der Waals surface area (Å²) in [5.41, 5.74) is 0.0873. The Balaban J connectivity index is 2.72. The van der Waals surface area contributed by atoms with Gasteiger partial charge in [0.2, 0.25) is 0 Å². The number of carbonyl (C=O) groups is 1. The summed E-state index contributed by atoms with van der Waals surface area (Å²) in [6, 6.07) is 4.91. The lowest BCUT2D eigenvalue weighted by atomic mass is 10.0. The van der Waals surface area contributed by atoms with Crippen LogP contribution in [0.4, 0.5) is 0 Å². The topological polar surface area (TPSA) is 78.6 Å². The predicted octanol–water partition coefficient (Wildman–Crippen LogP) is 2.23. The number of ether oxygens (including phenoxy) is 2. The van der Waals surface area contributed by atoms with Gasteiger partial charge in [0, 0.05) is 13.8 Å². The zero-order valence-electron chi connectivity index (χ0n) is 12.2. The van der Waals surface area contributed by atoms with E-state index in [4.69, 9.17) is 13.9 Å². The lowest BCUT2D eigenvalue weighted by Gasteiger charge is -2.10. The van der Waals surface area contributed by atoms with Crippen molar-refractivity contribution in [2.24, 2.45) is 0 Å². The molecule has 1 aromatic carbocycles. The van der Waals surface area contributed by atoms with E-state index < -0.39 is 5.56 Å². The number of Topliss-reactive ketones (excluding diaryl/α,β-unsaturated/α-hetero) is 1. The van der Waals surface area contributed by atoms with E-state index in [9.17, 15) is 9.59 Å². The fourth-order valence-corrected chi connectivity index (χ4v) is 2.01. The highest BCUT2D eigenvalue weighted by atomic mass is 16.5. The standard InChI is InChI=1S/C15H15NO5/c1-8(17)14-13(15(18)16-9(2)21-14)10-5-6-11(19-3)12(7-10)20-4/h5-7H,1-4H3. The first-order valence-electron chi connectivity index (χ1n) is 6.23. The lowest BCUT2D eigenvalue weighted by Crippen LogP contribution is -2.15. The minimum atomic E-state index is -0.517. The third kappa shape index (κ3) is 2.79. The molecule has 6 nitrogen and oxygen atoms in total. The van der Waals surface area contributed by atoms with E-state index in [1.165, 1.54) is 28.1 Å². The van der Waals surface area contributed by atoms with Crippen molar-refractivity contribution in [1.29, 1.82) is 0 Å². The van der Waals surface area contributed by atoms with Crippen molar-refractivity contribution in [2.75, 3.05) is 14.2 Å². The molecule has 0 spiro atoms. The first-order chi connectivity index (χ1) is 9.97. The Morgan fingerprint density at radius 2 is 1.86 bits per heavy atom. The monoisotopic (exact) mass is 289 g/mol. The van der Waals surface area contributed by atoms with Crippen LogP contribution in [0.1, 0.15) is 23.4 Å². The van der Waals surface area contributed by atoms with Gasteiger partial charge < -0.3 is 13.9 Å². The minimum Gasteiger partial charge on any atom is -0.493 e. The van der Waals surface area contributed by atoms with E-state index in [1.54, 1.807) is 18.2 Å². The molecule has 0 atom stereocenters. The normalized spacial score (nSPS) is 10.3. The van der Waals surface area contributed by atoms with Crippen LogP contribution in [0.3, 0.4) is 0 Å². The molecule has 0 aliphatic heterocycles. The smallest absolute Gasteiger partial charge is 0.284 e. The first kappa shape index (κ1) is 14.8. The van der Waals surface area contributed by atoms with Crippen LogP contribution in [-0.2, 0) is 0 Å². The number of methoxy groups -OCH3 is 2. The molecule has 0 N–H and O–H groups in total. The Hall–Kier alpha value is -2.63. The molecule has 0 saturated heterocycles. The third-order valence-electron chi connectivity index (χ3n) is 2.94. The van der Waals surface area contributed by atoms with Gasteiger partial charge in [-0.25, -0.2) is 0 Å². The molecule has 1 heterocycles. The number of ketones is 1. The van der Waals surface area contributed by atoms with Crippen LogP contribution in [0.5, 0.6) is 11.5 Å². The summed E-state index contributed by atoms with van der Waals surface area (Å²) in [6.45, 7) is 2.86. The molecular weight excluding hydrogens is 274 g/mol. The molecule has 0 unspecified atom stereocenters. The maximum absolute atomic E-state index is 12.1. The van der Waals surface area contributed by atoms with E-state index in [0.29, 0.717) is 17.1 Å². The summed E-state index contributed by atoms with van der Waals surface area (Å²) in [7, 11) is 3.00. The SMILES string of the molecule is COc1ccc(-c2c(C(C)=O)oc(C)nc2=O)cc1OC. The van der Waals surface area contributed by atoms with Crippen molar-refractivity contribution < 1.29 is 18.7 Å². The lowest BCUT2D eigenvalue weighted by molar-refractivity contribution is 0.0983. The maximum atomic E-state index is 12.1. The number of benzene rings is 1. The number of hydrogen-bond donors (Lipinski definition) is 0. The van der Waals surface area contributed by atoms with Gasteiger partial charge in [0.05, 0.1) is 19.8 Å². The quantitative estimate of drug-likeness (QED) is 0.803. The number of hydrogen-bond acceptors (Lipinski definition) is 6. The summed E-state index contributed by atoms with van der Waals surface area (Å²) in [5, 5.41) is 0. The van der Waals surface area contributed by atoms with Gasteiger partial charge >= 0.3 is 0 Å². The van der Waals surface area contributed by atoms with Gasteiger partial charge in [-0.05, 0) is 17.7 Å². The summed E-state index contributed by atoms with van der Waals surface area (Å²) in [5.74, 6) is 0.760. The fourth-order valence-electron chi connectivity index (χ4n) is 2.01. The molecule has 0 aliphatic rings. The molecular formula is C15H15NO5. The molecule has 2 rings (SSSR count). The van der Waals surface area contributed by atoms with Crippen LogP contribution in [0.15, 0.2) is 27.4 Å². The fraction of sp³-hybridized carbons (Fsp3) is 0.267. The number of carbonyl (C=O) groups excluding carboxylic acids is 1. The van der Waals surface area contributed by atoms with Gasteiger partial charge in [-0.3, -0.25) is 9.59 Å². The van der Waals surface area contributed by atoms with Crippen LogP contribution in [-0.4, -0.2) is 25.0 Å². The van der Waals surface area contributed by atoms with Gasteiger partial charge in [-0.2, -0.15) is 4.98 Å². The molecule has 21 heavy (non-hydrogen) atoms. The Bertz CT molecular complexity index is 748. The summed E-state index contributed by atoms with van der Waals surface area (Å²) in [6.07, 6.45) is 0. The van der Waals surface area contributed by atoms with E-state index in [0.717, 1.165) is 0 Å². The molecule has 6 heteroatoms. The van der Waals surface area contributed by atoms with Crippen LogP contribution in [0.25, 0.3) is 11.1 Å². The maximum Gasteiger partial charge on any atom is 0.284 e. The molecule has 0 bridgehead atoms. The molecule has 1 aromatic heterocycles. The highest BCUT2D eigenvalue weighted by Crippen LogP contribution is 2.32. The number of aryl methyl sites for hydroxylation is 1. The molecule has 2 aromatic rings. The van der Waals surface area contributed by atoms with Crippen molar-refractivity contribution in [1.82, 2.24) is 4.98 Å². The van der Waals surface area contributed by atoms with Crippen molar-refractivity contribution >= 4 is 5.78 Å². The van der Waals surface area contributed by atoms with Crippen LogP contribution in [0.2, 0.25) is 0 Å². The average Bonchev–Trinajstić information content (AvgIpc) is 2.45. The highest BCUT2D eigenvalue weighted by Gasteiger charge is 2.19. The second-order valence-electron chi connectivity index (χ2n) is 4.37. The van der Waals surface area contributed by atoms with Crippen molar-refractivity contribution in [3.05, 3.63) is 40.2 Å². The molecule has 0 aliphatic carbocycles. The van der Waals surface area contributed by atoms with E-state index in [1.807, 2.05) is 0 Å². The number of aromatic nitrogens is 1. The summed E-state index contributed by atoms with van der Waals surface area (Å²) < 4.78 is 15.6. The van der Waals surface area contributed by atoms with Crippen molar-refractivity contribution in [3.8, 4) is 22.6 Å². The Labute approximate surface area is 121 Å². The second-order valence-corrected chi connectivity index (χ2v) is 4.37. The van der Waals surface area contributed by atoms with Crippen molar-refractivity contribution in [2.45, 2.75) is 13.8 Å². The first-order valence-corrected chi connectivity index (χ1v) is 6.23. The zero-order valence-corrected chi connectivity index (χ0v) is 12.2. The van der Waals surface area contributed by atoms with E-state index >= 15 is 0 Å². The van der Waals surface area contributed by atoms with Crippen LogP contribution < -0.4 is 15.0 Å². The zero-order chi connectivity index (χ0) is 15.6. The van der Waals surface area contributed by atoms with Gasteiger partial charge in [-0.15, -0.1) is 0 Å². The van der Waals surface area contributed by atoms with Gasteiger partial charge in [0.1, 0.15) is 0 Å². The van der Waals surface area contributed by atoms with Crippen LogP contribution >= 0.6 is 0 Å². The molecule has 0 saturated carbocycles. The Morgan fingerprint density at radius 1 is 1.19 bits per heavy atom. The highest BCUT2D eigenvalue weighted by molar-refractivity contribution is 5.97. The minimum absolute atomic E-state index is 0.0141. The van der Waals surface area contributed by atoms with E-state index in [-0.39, 0.29) is 23.0 Å². The van der Waals surface area contributed by atoms with E-state index in [2.05, 4.69) is 4.98 Å². The molecule has 0 amide bonds. The Kier molecular flexibility index (Phi) is 4.07.